The van der Waals surface area contributed by atoms with Crippen molar-refractivity contribution in [1.82, 2.24) is 10.3 Å². The third-order valence-electron chi connectivity index (χ3n) is 4.71. The maximum Gasteiger partial charge on any atom is 0.123 e. The molecule has 2 aromatic rings. The molecule has 1 heterocycles. The van der Waals surface area contributed by atoms with Gasteiger partial charge in [-0.15, -0.1) is 0 Å². The average Bonchev–Trinajstić information content (AvgIpc) is 2.52. The molecule has 1 aliphatic carbocycles. The van der Waals surface area contributed by atoms with Crippen molar-refractivity contribution in [1.29, 1.82) is 0 Å². The molecule has 0 aliphatic heterocycles. The van der Waals surface area contributed by atoms with E-state index in [1.54, 1.807) is 12.1 Å². The van der Waals surface area contributed by atoms with E-state index in [-0.39, 0.29) is 11.9 Å². The van der Waals surface area contributed by atoms with Crippen LogP contribution in [-0.4, -0.2) is 16.1 Å². The molecule has 2 atom stereocenters. The number of rotatable bonds is 6. The third kappa shape index (κ3) is 3.95. The quantitative estimate of drug-likeness (QED) is 0.854. The Labute approximate surface area is 136 Å². The molecule has 0 bridgehead atoms. The van der Waals surface area contributed by atoms with Gasteiger partial charge >= 0.3 is 0 Å². The topological polar surface area (TPSA) is 45.2 Å². The highest BCUT2D eigenvalue weighted by Gasteiger charge is 2.20. The summed E-state index contributed by atoms with van der Waals surface area (Å²) in [7, 11) is 0. The number of pyridine rings is 1. The number of nitrogens with one attached hydrogen (secondary N) is 1. The van der Waals surface area contributed by atoms with Crippen molar-refractivity contribution in [3.63, 3.8) is 0 Å². The van der Waals surface area contributed by atoms with Crippen LogP contribution in [0.5, 0.6) is 0 Å². The first-order valence-corrected chi connectivity index (χ1v) is 8.25. The van der Waals surface area contributed by atoms with Crippen molar-refractivity contribution in [2.75, 3.05) is 0 Å². The van der Waals surface area contributed by atoms with E-state index >= 15 is 0 Å². The number of aliphatic hydroxyl groups excluding tert-OH is 1. The lowest BCUT2D eigenvalue weighted by atomic mass is 9.81. The van der Waals surface area contributed by atoms with Gasteiger partial charge in [0.1, 0.15) is 5.82 Å². The number of aliphatic hydroxyl groups is 1. The fraction of sp³-hybridized carbons (Fsp3) is 0.421. The Balaban J connectivity index is 1.53. The van der Waals surface area contributed by atoms with Gasteiger partial charge in [0.05, 0.1) is 11.8 Å². The lowest BCUT2D eigenvalue weighted by Gasteiger charge is -2.25. The lowest BCUT2D eigenvalue weighted by Crippen LogP contribution is -2.32. The summed E-state index contributed by atoms with van der Waals surface area (Å²) in [6.07, 6.45) is 5.18. The van der Waals surface area contributed by atoms with E-state index in [0.29, 0.717) is 18.0 Å². The molecule has 1 aromatic heterocycles. The number of halogens is 1. The summed E-state index contributed by atoms with van der Waals surface area (Å²) in [6.45, 7) is 2.52. The Morgan fingerprint density at radius 1 is 1.22 bits per heavy atom. The number of hydrogen-bond acceptors (Lipinski definition) is 3. The zero-order chi connectivity index (χ0) is 16.2. The van der Waals surface area contributed by atoms with E-state index in [4.69, 9.17) is 0 Å². The molecule has 0 radical (unpaired) electrons. The van der Waals surface area contributed by atoms with Crippen LogP contribution in [0.25, 0.3) is 0 Å². The van der Waals surface area contributed by atoms with Gasteiger partial charge in [-0.25, -0.2) is 4.39 Å². The van der Waals surface area contributed by atoms with Crippen molar-refractivity contribution >= 4 is 0 Å². The van der Waals surface area contributed by atoms with E-state index in [0.717, 1.165) is 5.69 Å². The number of hydrogen-bond donors (Lipinski definition) is 2. The van der Waals surface area contributed by atoms with Crippen molar-refractivity contribution < 1.29 is 9.50 Å². The normalized spacial score (nSPS) is 17.5. The van der Waals surface area contributed by atoms with Crippen molar-refractivity contribution in [2.24, 2.45) is 0 Å². The maximum atomic E-state index is 12.9. The highest BCUT2D eigenvalue weighted by molar-refractivity contribution is 5.21. The molecule has 1 aromatic carbocycles. The summed E-state index contributed by atoms with van der Waals surface area (Å²) in [5, 5.41) is 13.6. The van der Waals surface area contributed by atoms with Crippen LogP contribution in [0.3, 0.4) is 0 Å². The summed E-state index contributed by atoms with van der Waals surface area (Å²) in [5.74, 6) is 0.404. The third-order valence-corrected chi connectivity index (χ3v) is 4.71. The Morgan fingerprint density at radius 2 is 1.96 bits per heavy atom. The van der Waals surface area contributed by atoms with Crippen LogP contribution in [-0.2, 0) is 6.54 Å². The SMILES string of the molecule is CC(NCc1ccc(C2CCC2)cn1)C(O)c1ccc(F)cc1. The van der Waals surface area contributed by atoms with Crippen molar-refractivity contribution in [3.8, 4) is 0 Å². The minimum atomic E-state index is -0.676. The molecule has 1 fully saturated rings. The fourth-order valence-electron chi connectivity index (χ4n) is 2.85. The van der Waals surface area contributed by atoms with Gasteiger partial charge in [-0.1, -0.05) is 24.6 Å². The zero-order valence-corrected chi connectivity index (χ0v) is 13.4. The average molecular weight is 314 g/mol. The first kappa shape index (κ1) is 16.1. The highest BCUT2D eigenvalue weighted by Crippen LogP contribution is 2.35. The molecule has 0 amide bonds. The highest BCUT2D eigenvalue weighted by atomic mass is 19.1. The van der Waals surface area contributed by atoms with Gasteiger partial charge in [-0.3, -0.25) is 4.98 Å². The Bertz CT molecular complexity index is 623. The standard InChI is InChI=1S/C19H23FN2O/c1-13(19(23)15-5-8-17(20)9-6-15)21-12-18-10-7-16(11-22-18)14-3-2-4-14/h5-11,13-14,19,21,23H,2-4,12H2,1H3. The maximum absolute atomic E-state index is 12.9. The fourth-order valence-corrected chi connectivity index (χ4v) is 2.85. The minimum absolute atomic E-state index is 0.145. The van der Waals surface area contributed by atoms with Crippen LogP contribution in [0.15, 0.2) is 42.6 Å². The molecule has 23 heavy (non-hydrogen) atoms. The zero-order valence-electron chi connectivity index (χ0n) is 13.4. The number of benzene rings is 1. The largest absolute Gasteiger partial charge is 0.387 e. The van der Waals surface area contributed by atoms with Gasteiger partial charge < -0.3 is 10.4 Å². The second-order valence-corrected chi connectivity index (χ2v) is 6.38. The van der Waals surface area contributed by atoms with Crippen LogP contribution in [0.1, 0.15) is 55.0 Å². The Morgan fingerprint density at radius 3 is 2.52 bits per heavy atom. The molecule has 0 spiro atoms. The van der Waals surface area contributed by atoms with E-state index < -0.39 is 6.10 Å². The first-order chi connectivity index (χ1) is 11.1. The number of nitrogens with zero attached hydrogens (tertiary/aromatic N) is 1. The summed E-state index contributed by atoms with van der Waals surface area (Å²) in [4.78, 5) is 4.50. The van der Waals surface area contributed by atoms with Gasteiger partial charge in [0.2, 0.25) is 0 Å². The van der Waals surface area contributed by atoms with Crippen LogP contribution in [0, 0.1) is 5.82 Å². The number of aromatic nitrogens is 1. The van der Waals surface area contributed by atoms with Gasteiger partial charge in [0.15, 0.2) is 0 Å². The van der Waals surface area contributed by atoms with E-state index in [2.05, 4.69) is 22.4 Å². The lowest BCUT2D eigenvalue weighted by molar-refractivity contribution is 0.135. The molecule has 122 valence electrons. The van der Waals surface area contributed by atoms with E-state index in [1.165, 1.54) is 37.0 Å². The van der Waals surface area contributed by atoms with Gasteiger partial charge in [0, 0.05) is 18.8 Å². The second kappa shape index (κ2) is 7.20. The van der Waals surface area contributed by atoms with Crippen molar-refractivity contribution in [3.05, 3.63) is 65.2 Å². The molecule has 3 nitrogen and oxygen atoms in total. The van der Waals surface area contributed by atoms with Crippen LogP contribution in [0.2, 0.25) is 0 Å². The van der Waals surface area contributed by atoms with E-state index in [1.807, 2.05) is 13.1 Å². The summed E-state index contributed by atoms with van der Waals surface area (Å²) in [5.41, 5.74) is 3.00. The second-order valence-electron chi connectivity index (χ2n) is 6.38. The van der Waals surface area contributed by atoms with Crippen molar-refractivity contribution in [2.45, 2.75) is 50.8 Å². The molecule has 1 saturated carbocycles. The molecule has 4 heteroatoms. The molecule has 1 aliphatic rings. The van der Waals surface area contributed by atoms with E-state index in [9.17, 15) is 9.50 Å². The minimum Gasteiger partial charge on any atom is -0.387 e. The summed E-state index contributed by atoms with van der Waals surface area (Å²) >= 11 is 0. The summed E-state index contributed by atoms with van der Waals surface area (Å²) < 4.78 is 12.9. The van der Waals surface area contributed by atoms with Gasteiger partial charge in [0.25, 0.3) is 0 Å². The molecular weight excluding hydrogens is 291 g/mol. The monoisotopic (exact) mass is 314 g/mol. The molecule has 0 saturated heterocycles. The summed E-state index contributed by atoms with van der Waals surface area (Å²) in [6, 6.07) is 10.0. The van der Waals surface area contributed by atoms with Gasteiger partial charge in [-0.2, -0.15) is 0 Å². The smallest absolute Gasteiger partial charge is 0.123 e. The van der Waals surface area contributed by atoms with Crippen LogP contribution >= 0.6 is 0 Å². The van der Waals surface area contributed by atoms with Gasteiger partial charge in [-0.05, 0) is 55.0 Å². The molecule has 2 N–H and O–H groups in total. The predicted octanol–water partition coefficient (Wildman–Crippen LogP) is 3.70. The van der Waals surface area contributed by atoms with Crippen LogP contribution in [0.4, 0.5) is 4.39 Å². The molecule has 2 unspecified atom stereocenters. The molecular formula is C19H23FN2O. The molecule has 3 rings (SSSR count). The first-order valence-electron chi connectivity index (χ1n) is 8.25. The van der Waals surface area contributed by atoms with Crippen LogP contribution < -0.4 is 5.32 Å². The Hall–Kier alpha value is -1.78. The predicted molar refractivity (Wildman–Crippen MR) is 88.5 cm³/mol. The Kier molecular flexibility index (Phi) is 5.03.